The van der Waals surface area contributed by atoms with Crippen LogP contribution in [0.3, 0.4) is 0 Å². The number of nitrogens with one attached hydrogen (secondary N) is 1. The van der Waals surface area contributed by atoms with E-state index in [1.807, 2.05) is 24.3 Å². The summed E-state index contributed by atoms with van der Waals surface area (Å²) >= 11 is 2.06. The normalized spacial score (nSPS) is 15.8. The summed E-state index contributed by atoms with van der Waals surface area (Å²) in [7, 11) is 1.20. The molecule has 8 nitrogen and oxygen atoms in total. The number of carbonyl (C=O) groups excluding carboxylic acids is 3. The topological polar surface area (TPSA) is 106 Å². The number of fused-ring (bicyclic) bond motifs is 1. The SMILES string of the molecule is COC(=O)CN1C(=O)S/C(=C\c2ccc(Sc3nc4ccccc4[nH]3)o2)C1=O. The number of thioether (sulfide) groups is 1. The number of amides is 2. The number of aromatic amines is 1. The standard InChI is InChI=1S/C18H13N3O5S2/c1-25-14(22)9-21-16(23)13(27-18(21)24)8-10-6-7-15(26-10)28-17-19-11-4-2-3-5-12(11)20-17/h2-8H,9H2,1H3,(H,19,20)/b13-8-. The van der Waals surface area contributed by atoms with E-state index in [1.54, 1.807) is 12.1 Å². The fraction of sp³-hybridized carbons (Fsp3) is 0.111. The van der Waals surface area contributed by atoms with Crippen molar-refractivity contribution >= 4 is 57.7 Å². The second-order valence-electron chi connectivity index (χ2n) is 5.66. The molecule has 0 bridgehead atoms. The number of imide groups is 1. The largest absolute Gasteiger partial charge is 0.468 e. The number of hydrogen-bond acceptors (Lipinski definition) is 8. The van der Waals surface area contributed by atoms with E-state index >= 15 is 0 Å². The van der Waals surface area contributed by atoms with Crippen molar-refractivity contribution in [1.82, 2.24) is 14.9 Å². The van der Waals surface area contributed by atoms with Crippen molar-refractivity contribution in [2.24, 2.45) is 0 Å². The molecule has 0 aliphatic carbocycles. The Balaban J connectivity index is 1.49. The highest BCUT2D eigenvalue weighted by molar-refractivity contribution is 8.18. The van der Waals surface area contributed by atoms with Crippen LogP contribution in [-0.2, 0) is 14.3 Å². The van der Waals surface area contributed by atoms with E-state index in [0.29, 0.717) is 16.0 Å². The van der Waals surface area contributed by atoms with E-state index < -0.39 is 23.7 Å². The van der Waals surface area contributed by atoms with Crippen molar-refractivity contribution in [3.8, 4) is 0 Å². The van der Waals surface area contributed by atoms with Crippen molar-refractivity contribution in [2.75, 3.05) is 13.7 Å². The molecule has 3 aromatic rings. The minimum absolute atomic E-state index is 0.184. The summed E-state index contributed by atoms with van der Waals surface area (Å²) in [5, 5.41) is 0.740. The summed E-state index contributed by atoms with van der Waals surface area (Å²) in [5.41, 5.74) is 1.78. The molecule has 0 saturated carbocycles. The molecule has 1 aromatic carbocycles. The van der Waals surface area contributed by atoms with Crippen LogP contribution in [-0.4, -0.2) is 45.6 Å². The van der Waals surface area contributed by atoms with Gasteiger partial charge in [0.1, 0.15) is 12.3 Å². The van der Waals surface area contributed by atoms with Crippen LogP contribution in [0, 0.1) is 0 Å². The molecule has 0 unspecified atom stereocenters. The molecule has 0 spiro atoms. The van der Waals surface area contributed by atoms with Crippen LogP contribution in [0.4, 0.5) is 4.79 Å². The minimum Gasteiger partial charge on any atom is -0.468 e. The molecular weight excluding hydrogens is 402 g/mol. The van der Waals surface area contributed by atoms with Crippen molar-refractivity contribution in [1.29, 1.82) is 0 Å². The molecule has 28 heavy (non-hydrogen) atoms. The number of benzene rings is 1. The number of furan rings is 1. The van der Waals surface area contributed by atoms with Gasteiger partial charge in [-0.2, -0.15) is 0 Å². The number of carbonyl (C=O) groups is 3. The third-order valence-electron chi connectivity index (χ3n) is 3.83. The first-order valence-electron chi connectivity index (χ1n) is 8.08. The van der Waals surface area contributed by atoms with Crippen LogP contribution in [0.25, 0.3) is 17.1 Å². The number of para-hydroxylation sites is 2. The van der Waals surface area contributed by atoms with Gasteiger partial charge >= 0.3 is 5.97 Å². The molecule has 1 fully saturated rings. The molecule has 2 aromatic heterocycles. The van der Waals surface area contributed by atoms with Gasteiger partial charge in [0.05, 0.1) is 23.0 Å². The fourth-order valence-electron chi connectivity index (χ4n) is 2.50. The lowest BCUT2D eigenvalue weighted by Crippen LogP contribution is -2.34. The maximum Gasteiger partial charge on any atom is 0.325 e. The quantitative estimate of drug-likeness (QED) is 0.498. The third-order valence-corrected chi connectivity index (χ3v) is 5.54. The van der Waals surface area contributed by atoms with Gasteiger partial charge in [-0.05, 0) is 47.8 Å². The number of imidazole rings is 1. The summed E-state index contributed by atoms with van der Waals surface area (Å²) in [4.78, 5) is 44.3. The zero-order valence-electron chi connectivity index (χ0n) is 14.5. The Labute approximate surface area is 167 Å². The molecule has 142 valence electrons. The number of rotatable bonds is 5. The average molecular weight is 415 g/mol. The van der Waals surface area contributed by atoms with Crippen LogP contribution in [0.15, 0.2) is 56.0 Å². The number of aromatic nitrogens is 2. The lowest BCUT2D eigenvalue weighted by atomic mass is 10.3. The van der Waals surface area contributed by atoms with Gasteiger partial charge in [-0.3, -0.25) is 19.3 Å². The second-order valence-corrected chi connectivity index (χ2v) is 7.65. The van der Waals surface area contributed by atoms with E-state index in [2.05, 4.69) is 14.7 Å². The number of esters is 1. The molecule has 2 amide bonds. The molecule has 1 N–H and O–H groups in total. The number of H-pyrrole nitrogens is 1. The number of ether oxygens (including phenoxy) is 1. The van der Waals surface area contributed by atoms with E-state index in [-0.39, 0.29) is 4.91 Å². The average Bonchev–Trinajstić information content (AvgIpc) is 3.36. The zero-order valence-corrected chi connectivity index (χ0v) is 16.1. The lowest BCUT2D eigenvalue weighted by Gasteiger charge is -2.09. The fourth-order valence-corrected chi connectivity index (χ4v) is 4.09. The predicted molar refractivity (Wildman–Crippen MR) is 104 cm³/mol. The van der Waals surface area contributed by atoms with Gasteiger partial charge in [0.25, 0.3) is 11.1 Å². The molecule has 0 atom stereocenters. The maximum absolute atomic E-state index is 12.3. The number of methoxy groups -OCH3 is 1. The van der Waals surface area contributed by atoms with E-state index in [9.17, 15) is 14.4 Å². The Kier molecular flexibility index (Phi) is 4.97. The molecule has 1 aliphatic heterocycles. The molecule has 3 heterocycles. The smallest absolute Gasteiger partial charge is 0.325 e. The Morgan fingerprint density at radius 3 is 2.93 bits per heavy atom. The first-order valence-corrected chi connectivity index (χ1v) is 9.71. The first-order chi connectivity index (χ1) is 13.5. The van der Waals surface area contributed by atoms with Gasteiger partial charge < -0.3 is 14.1 Å². The Morgan fingerprint density at radius 2 is 2.14 bits per heavy atom. The number of nitrogens with zero attached hydrogens (tertiary/aromatic N) is 2. The van der Waals surface area contributed by atoms with Gasteiger partial charge in [0.15, 0.2) is 10.2 Å². The van der Waals surface area contributed by atoms with Crippen LogP contribution >= 0.6 is 23.5 Å². The first kappa shape index (κ1) is 18.4. The van der Waals surface area contributed by atoms with Crippen molar-refractivity contribution in [2.45, 2.75) is 10.2 Å². The zero-order chi connectivity index (χ0) is 19.7. The highest BCUT2D eigenvalue weighted by Gasteiger charge is 2.36. The van der Waals surface area contributed by atoms with Crippen molar-refractivity contribution in [3.05, 3.63) is 47.1 Å². The Hall–Kier alpha value is -2.98. The van der Waals surface area contributed by atoms with Gasteiger partial charge in [0, 0.05) is 6.08 Å². The van der Waals surface area contributed by atoms with Gasteiger partial charge in [-0.15, -0.1) is 0 Å². The Bertz CT molecular complexity index is 1080. The molecule has 0 radical (unpaired) electrons. The summed E-state index contributed by atoms with van der Waals surface area (Å²) < 4.78 is 10.2. The van der Waals surface area contributed by atoms with E-state index in [4.69, 9.17) is 4.42 Å². The van der Waals surface area contributed by atoms with Crippen LogP contribution in [0.1, 0.15) is 5.76 Å². The lowest BCUT2D eigenvalue weighted by molar-refractivity contribution is -0.143. The predicted octanol–water partition coefficient (Wildman–Crippen LogP) is 3.52. The monoisotopic (exact) mass is 415 g/mol. The second kappa shape index (κ2) is 7.56. The van der Waals surface area contributed by atoms with Crippen LogP contribution in [0.5, 0.6) is 0 Å². The minimum atomic E-state index is -0.661. The van der Waals surface area contributed by atoms with Crippen molar-refractivity contribution in [3.63, 3.8) is 0 Å². The Morgan fingerprint density at radius 1 is 1.32 bits per heavy atom. The molecule has 10 heteroatoms. The van der Waals surface area contributed by atoms with Crippen LogP contribution < -0.4 is 0 Å². The molecule has 4 rings (SSSR count). The summed E-state index contributed by atoms with van der Waals surface area (Å²) in [6, 6.07) is 11.1. The maximum atomic E-state index is 12.3. The molecule has 1 saturated heterocycles. The van der Waals surface area contributed by atoms with Gasteiger partial charge in [-0.1, -0.05) is 12.1 Å². The highest BCUT2D eigenvalue weighted by atomic mass is 32.2. The van der Waals surface area contributed by atoms with Gasteiger partial charge in [0.2, 0.25) is 0 Å². The van der Waals surface area contributed by atoms with Crippen molar-refractivity contribution < 1.29 is 23.5 Å². The molecule has 1 aliphatic rings. The van der Waals surface area contributed by atoms with E-state index in [0.717, 1.165) is 27.7 Å². The third kappa shape index (κ3) is 3.69. The van der Waals surface area contributed by atoms with Gasteiger partial charge in [-0.25, -0.2) is 4.98 Å². The van der Waals surface area contributed by atoms with Crippen LogP contribution in [0.2, 0.25) is 0 Å². The highest BCUT2D eigenvalue weighted by Crippen LogP contribution is 2.34. The summed E-state index contributed by atoms with van der Waals surface area (Å²) in [6.45, 7) is -0.413. The number of hydrogen-bond donors (Lipinski definition) is 1. The van der Waals surface area contributed by atoms with E-state index in [1.165, 1.54) is 24.9 Å². The summed E-state index contributed by atoms with van der Waals surface area (Å²) in [5.74, 6) is -0.795. The summed E-state index contributed by atoms with van der Waals surface area (Å²) in [6.07, 6.45) is 1.48. The molecular formula is C18H13N3O5S2.